The molecule has 38 heavy (non-hydrogen) atoms. The molecule has 1 aliphatic heterocycles. The molecule has 9 heteroatoms. The normalized spacial score (nSPS) is 15.0. The molecule has 2 aromatic heterocycles. The number of benzene rings is 3. The fraction of sp³-hybridized carbons (Fsp3) is 0.207. The molecule has 0 spiro atoms. The van der Waals surface area contributed by atoms with Crippen molar-refractivity contribution in [2.45, 2.75) is 12.7 Å². The van der Waals surface area contributed by atoms with E-state index in [1.165, 1.54) is 18.2 Å². The predicted molar refractivity (Wildman–Crippen MR) is 142 cm³/mol. The molecule has 3 heterocycles. The molecule has 0 amide bonds. The van der Waals surface area contributed by atoms with Gasteiger partial charge in [-0.1, -0.05) is 35.9 Å². The van der Waals surface area contributed by atoms with E-state index in [0.717, 1.165) is 22.7 Å². The lowest BCUT2D eigenvalue weighted by Gasteiger charge is -2.37. The van der Waals surface area contributed by atoms with Gasteiger partial charge in [0, 0.05) is 49.0 Å². The van der Waals surface area contributed by atoms with Crippen molar-refractivity contribution in [2.75, 3.05) is 31.1 Å². The second-order valence-electron chi connectivity index (χ2n) is 9.42. The van der Waals surface area contributed by atoms with Crippen LogP contribution in [-0.2, 0) is 12.7 Å². The molecular weight excluding hydrogens is 516 g/mol. The minimum atomic E-state index is -4.40. The highest BCUT2D eigenvalue weighted by Gasteiger charge is 2.35. The zero-order chi connectivity index (χ0) is 26.4. The molecule has 6 rings (SSSR count). The maximum atomic E-state index is 14.9. The number of hydrogen-bond donors (Lipinski definition) is 0. The van der Waals surface area contributed by atoms with Crippen LogP contribution in [-0.4, -0.2) is 40.5 Å². The Bertz CT molecular complexity index is 1640. The first kappa shape index (κ1) is 24.7. The number of piperazine rings is 1. The van der Waals surface area contributed by atoms with Gasteiger partial charge in [-0.25, -0.2) is 4.39 Å². The minimum absolute atomic E-state index is 0.213. The Morgan fingerprint density at radius 3 is 2.34 bits per heavy atom. The topological polar surface area (TPSA) is 23.8 Å². The fourth-order valence-corrected chi connectivity index (χ4v) is 5.43. The Labute approximate surface area is 221 Å². The molecule has 5 aromatic rings. The molecule has 3 aromatic carbocycles. The third-order valence-corrected chi connectivity index (χ3v) is 7.33. The van der Waals surface area contributed by atoms with Crippen LogP contribution in [0.1, 0.15) is 11.1 Å². The van der Waals surface area contributed by atoms with Crippen LogP contribution in [0.2, 0.25) is 5.02 Å². The van der Waals surface area contributed by atoms with Crippen molar-refractivity contribution >= 4 is 33.8 Å². The molecule has 1 fully saturated rings. The van der Waals surface area contributed by atoms with Gasteiger partial charge >= 0.3 is 6.18 Å². The predicted octanol–water partition coefficient (Wildman–Crippen LogP) is 7.29. The van der Waals surface area contributed by atoms with Crippen LogP contribution in [0.4, 0.5) is 23.2 Å². The van der Waals surface area contributed by atoms with Gasteiger partial charge in [0.15, 0.2) is 0 Å². The van der Waals surface area contributed by atoms with E-state index in [0.29, 0.717) is 54.5 Å². The van der Waals surface area contributed by atoms with Gasteiger partial charge in [0.25, 0.3) is 0 Å². The van der Waals surface area contributed by atoms with Gasteiger partial charge < -0.3 is 9.30 Å². The first-order chi connectivity index (χ1) is 18.3. The summed E-state index contributed by atoms with van der Waals surface area (Å²) in [6, 6.07) is 19.8. The highest BCUT2D eigenvalue weighted by Crippen LogP contribution is 2.37. The largest absolute Gasteiger partial charge is 0.418 e. The molecule has 0 N–H and O–H groups in total. The highest BCUT2D eigenvalue weighted by molar-refractivity contribution is 6.31. The highest BCUT2D eigenvalue weighted by atomic mass is 35.5. The summed E-state index contributed by atoms with van der Waals surface area (Å²) in [4.78, 5) is 8.61. The van der Waals surface area contributed by atoms with Crippen LogP contribution in [0.15, 0.2) is 79.0 Å². The van der Waals surface area contributed by atoms with Crippen molar-refractivity contribution in [3.05, 3.63) is 101 Å². The molecule has 0 radical (unpaired) electrons. The lowest BCUT2D eigenvalue weighted by molar-refractivity contribution is -0.137. The molecule has 0 bridgehead atoms. The molecule has 0 aliphatic carbocycles. The first-order valence-corrected chi connectivity index (χ1v) is 12.6. The van der Waals surface area contributed by atoms with Gasteiger partial charge in [-0.05, 0) is 54.1 Å². The summed E-state index contributed by atoms with van der Waals surface area (Å²) in [6.07, 6.45) is -2.63. The van der Waals surface area contributed by atoms with Crippen LogP contribution < -0.4 is 4.90 Å². The molecule has 0 atom stereocenters. The van der Waals surface area contributed by atoms with E-state index in [9.17, 15) is 17.6 Å². The third kappa shape index (κ3) is 4.48. The van der Waals surface area contributed by atoms with Gasteiger partial charge in [0.1, 0.15) is 5.82 Å². The van der Waals surface area contributed by atoms with Crippen LogP contribution in [0.5, 0.6) is 0 Å². The number of hydrogen-bond acceptors (Lipinski definition) is 3. The van der Waals surface area contributed by atoms with Crippen LogP contribution >= 0.6 is 11.6 Å². The number of fused-ring (bicyclic) bond motifs is 3. The van der Waals surface area contributed by atoms with Crippen LogP contribution in [0.3, 0.4) is 0 Å². The monoisotopic (exact) mass is 538 g/mol. The maximum Gasteiger partial charge on any atom is 0.418 e. The van der Waals surface area contributed by atoms with E-state index in [2.05, 4.69) is 9.88 Å². The van der Waals surface area contributed by atoms with E-state index in [-0.39, 0.29) is 11.5 Å². The quantitative estimate of drug-likeness (QED) is 0.225. The number of rotatable bonds is 4. The SMILES string of the molecule is Fc1ccccc1-c1cc(CN2CCN(c3ccccc3C(F)(F)F)CC2)c2cnc3cc(Cl)ccc3n12. The smallest absolute Gasteiger partial charge is 0.368 e. The molecular formula is C29H23ClF4N4. The number of anilines is 1. The van der Waals surface area contributed by atoms with E-state index in [4.69, 9.17) is 11.6 Å². The fourth-order valence-electron chi connectivity index (χ4n) is 5.27. The summed E-state index contributed by atoms with van der Waals surface area (Å²) in [5, 5.41) is 0.564. The maximum absolute atomic E-state index is 14.9. The second-order valence-corrected chi connectivity index (χ2v) is 9.86. The number of para-hydroxylation sites is 1. The zero-order valence-electron chi connectivity index (χ0n) is 20.2. The average Bonchev–Trinajstić information content (AvgIpc) is 3.27. The van der Waals surface area contributed by atoms with E-state index in [1.807, 2.05) is 16.5 Å². The van der Waals surface area contributed by atoms with E-state index in [1.54, 1.807) is 47.5 Å². The van der Waals surface area contributed by atoms with Gasteiger partial charge in [0.05, 0.1) is 34.0 Å². The average molecular weight is 539 g/mol. The summed E-state index contributed by atoms with van der Waals surface area (Å²) in [6.45, 7) is 2.69. The molecule has 1 aliphatic rings. The number of alkyl halides is 3. The summed E-state index contributed by atoms with van der Waals surface area (Å²) in [5.74, 6) is -0.325. The number of halogens is 5. The third-order valence-electron chi connectivity index (χ3n) is 7.09. The van der Waals surface area contributed by atoms with Gasteiger partial charge in [-0.2, -0.15) is 13.2 Å². The summed E-state index contributed by atoms with van der Waals surface area (Å²) < 4.78 is 57.5. The van der Waals surface area contributed by atoms with Crippen molar-refractivity contribution in [3.8, 4) is 11.3 Å². The van der Waals surface area contributed by atoms with Crippen molar-refractivity contribution in [1.82, 2.24) is 14.3 Å². The van der Waals surface area contributed by atoms with Crippen molar-refractivity contribution in [1.29, 1.82) is 0 Å². The molecule has 4 nitrogen and oxygen atoms in total. The summed E-state index contributed by atoms with van der Waals surface area (Å²) >= 11 is 6.19. The minimum Gasteiger partial charge on any atom is -0.368 e. The Hall–Kier alpha value is -3.62. The number of nitrogens with zero attached hydrogens (tertiary/aromatic N) is 4. The molecule has 0 unspecified atom stereocenters. The molecule has 1 saturated heterocycles. The Morgan fingerprint density at radius 2 is 1.58 bits per heavy atom. The van der Waals surface area contributed by atoms with Crippen LogP contribution in [0.25, 0.3) is 27.8 Å². The van der Waals surface area contributed by atoms with Gasteiger partial charge in [0.2, 0.25) is 0 Å². The summed E-state index contributed by atoms with van der Waals surface area (Å²) in [7, 11) is 0. The number of aromatic nitrogens is 2. The lowest BCUT2D eigenvalue weighted by Crippen LogP contribution is -2.46. The second kappa shape index (κ2) is 9.60. The van der Waals surface area contributed by atoms with E-state index < -0.39 is 11.7 Å². The van der Waals surface area contributed by atoms with Crippen molar-refractivity contribution in [3.63, 3.8) is 0 Å². The Balaban J connectivity index is 1.33. The van der Waals surface area contributed by atoms with Crippen molar-refractivity contribution < 1.29 is 17.6 Å². The lowest BCUT2D eigenvalue weighted by atomic mass is 10.1. The Kier molecular flexibility index (Phi) is 6.24. The van der Waals surface area contributed by atoms with Gasteiger partial charge in [-0.15, -0.1) is 0 Å². The van der Waals surface area contributed by atoms with E-state index >= 15 is 0 Å². The Morgan fingerprint density at radius 1 is 0.842 bits per heavy atom. The molecule has 0 saturated carbocycles. The first-order valence-electron chi connectivity index (χ1n) is 12.3. The standard InChI is InChI=1S/C29H23ClF4N4/c30-20-9-10-26-24(16-20)35-17-28-19(15-27(38(26)28)21-5-1-3-7-23(21)31)18-36-11-13-37(14-12-36)25-8-4-2-6-22(25)29(32,33)34/h1-10,15-17H,11-14,18H2. The zero-order valence-corrected chi connectivity index (χ0v) is 21.0. The van der Waals surface area contributed by atoms with Crippen LogP contribution in [0, 0.1) is 5.82 Å². The van der Waals surface area contributed by atoms with Gasteiger partial charge in [-0.3, -0.25) is 9.88 Å². The summed E-state index contributed by atoms with van der Waals surface area (Å²) in [5.41, 5.74) is 4.11. The molecule has 194 valence electrons. The van der Waals surface area contributed by atoms with Crippen molar-refractivity contribution in [2.24, 2.45) is 0 Å².